The molecule has 6 rings (SSSR count). The molecule has 0 aliphatic rings. The van der Waals surface area contributed by atoms with Crippen LogP contribution in [0.4, 0.5) is 0 Å². The van der Waals surface area contributed by atoms with Crippen molar-refractivity contribution in [2.75, 3.05) is 18.6 Å². The fourth-order valence-corrected chi connectivity index (χ4v) is 13.1. The number of aliphatic hydroxyl groups is 1. The smallest absolute Gasteiger partial charge is 0.310 e. The van der Waals surface area contributed by atoms with E-state index in [2.05, 4.69) is 224 Å². The van der Waals surface area contributed by atoms with E-state index in [1.807, 2.05) is 6.92 Å². The molecule has 0 saturated carbocycles. The van der Waals surface area contributed by atoms with E-state index >= 15 is 0 Å². The molecular formula is C75H108Cl2N4O6Si. The summed E-state index contributed by atoms with van der Waals surface area (Å²) in [4.78, 5) is 41.9. The first-order chi connectivity index (χ1) is 41.2. The maximum Gasteiger partial charge on any atom is 0.310 e. The molecule has 2 unspecified atom stereocenters. The quantitative estimate of drug-likeness (QED) is 0.0355. The number of hydrogen-bond acceptors (Lipinski definition) is 10. The molecule has 0 aliphatic heterocycles. The van der Waals surface area contributed by atoms with Gasteiger partial charge in [0.2, 0.25) is 0 Å². The number of benzene rings is 4. The average molecular weight is 1260 g/mol. The number of esters is 2. The predicted octanol–water partition coefficient (Wildman–Crippen LogP) is 19.1. The van der Waals surface area contributed by atoms with Gasteiger partial charge in [-0.1, -0.05) is 163 Å². The Morgan fingerprint density at radius 3 is 1.12 bits per heavy atom. The van der Waals surface area contributed by atoms with Gasteiger partial charge in [0.15, 0.2) is 20.0 Å². The maximum atomic E-state index is 11.9. The van der Waals surface area contributed by atoms with Crippen LogP contribution in [0, 0.1) is 38.5 Å². The Morgan fingerprint density at radius 1 is 0.511 bits per heavy atom. The van der Waals surface area contributed by atoms with Crippen LogP contribution in [0.1, 0.15) is 209 Å². The molecule has 2 aromatic heterocycles. The highest BCUT2D eigenvalue weighted by Crippen LogP contribution is 2.44. The molecule has 0 aliphatic carbocycles. The van der Waals surface area contributed by atoms with E-state index in [1.54, 1.807) is 31.7 Å². The zero-order chi connectivity index (χ0) is 66.0. The first kappa shape index (κ1) is 75.2. The number of ether oxygens (including phenoxy) is 2. The first-order valence-corrected chi connectivity index (χ1v) is 36.1. The largest absolute Gasteiger partial charge is 0.466 e. The summed E-state index contributed by atoms with van der Waals surface area (Å²) in [5.74, 6) is 0.794. The van der Waals surface area contributed by atoms with E-state index in [9.17, 15) is 14.7 Å². The second kappa shape index (κ2) is 33.1. The van der Waals surface area contributed by atoms with Crippen LogP contribution < -0.4 is 0 Å². The molecular weight excluding hydrogens is 1150 g/mol. The van der Waals surface area contributed by atoms with Gasteiger partial charge in [-0.25, -0.2) is 19.9 Å². The van der Waals surface area contributed by atoms with Crippen LogP contribution in [0.2, 0.25) is 18.1 Å². The molecule has 1 N–H and O–H groups in total. The minimum Gasteiger partial charge on any atom is -0.466 e. The van der Waals surface area contributed by atoms with Gasteiger partial charge in [0, 0.05) is 46.7 Å². The van der Waals surface area contributed by atoms with Gasteiger partial charge < -0.3 is 19.0 Å². The molecule has 0 saturated heterocycles. The van der Waals surface area contributed by atoms with E-state index in [1.165, 1.54) is 44.5 Å². The van der Waals surface area contributed by atoms with Crippen LogP contribution >= 0.6 is 23.2 Å². The highest BCUT2D eigenvalue weighted by Gasteiger charge is 2.42. The minimum atomic E-state index is -1.88. The average Bonchev–Trinajstić information content (AvgIpc) is 1.06. The summed E-state index contributed by atoms with van der Waals surface area (Å²) >= 11 is 9.53. The Labute approximate surface area is 542 Å². The molecule has 0 amide bonds. The second-order valence-corrected chi connectivity index (χ2v) is 33.1. The van der Waals surface area contributed by atoms with Crippen molar-refractivity contribution < 1.29 is 28.6 Å². The van der Waals surface area contributed by atoms with Crippen LogP contribution in [-0.4, -0.2) is 76.1 Å². The van der Waals surface area contributed by atoms with Gasteiger partial charge in [-0.05, 0) is 189 Å². The summed E-state index contributed by atoms with van der Waals surface area (Å²) in [5.41, 5.74) is 16.2. The molecule has 6 aromatic rings. The van der Waals surface area contributed by atoms with Crippen LogP contribution in [0.3, 0.4) is 0 Å². The predicted molar refractivity (Wildman–Crippen MR) is 370 cm³/mol. The molecule has 4 aromatic carbocycles. The molecule has 482 valence electrons. The van der Waals surface area contributed by atoms with Crippen molar-refractivity contribution in [3.63, 3.8) is 0 Å². The fourth-order valence-electron chi connectivity index (χ4n) is 11.6. The van der Waals surface area contributed by atoms with Gasteiger partial charge in [-0.3, -0.25) is 9.59 Å². The van der Waals surface area contributed by atoms with Gasteiger partial charge in [-0.15, -0.1) is 23.2 Å². The van der Waals surface area contributed by atoms with Crippen molar-refractivity contribution in [1.29, 1.82) is 0 Å². The highest BCUT2D eigenvalue weighted by atomic mass is 35.5. The minimum absolute atomic E-state index is 0.0860. The van der Waals surface area contributed by atoms with Crippen LogP contribution in [0.25, 0.3) is 22.8 Å². The summed E-state index contributed by atoms with van der Waals surface area (Å²) < 4.78 is 17.1. The molecule has 2 heterocycles. The third kappa shape index (κ3) is 19.8. The number of rotatable bonds is 24. The number of nitrogens with zero attached hydrogens (tertiary/aromatic N) is 4. The normalized spacial score (nSPS) is 13.0. The van der Waals surface area contributed by atoms with Gasteiger partial charge in [0.05, 0.1) is 43.6 Å². The van der Waals surface area contributed by atoms with Crippen LogP contribution in [0.15, 0.2) is 97.6 Å². The summed E-state index contributed by atoms with van der Waals surface area (Å²) in [6.07, 6.45) is 14.8. The van der Waals surface area contributed by atoms with E-state index in [4.69, 9.17) is 37.1 Å². The van der Waals surface area contributed by atoms with Gasteiger partial charge in [0.1, 0.15) is 0 Å². The molecule has 0 radical (unpaired) electrons. The zero-order valence-electron chi connectivity index (χ0n) is 57.6. The van der Waals surface area contributed by atoms with Crippen molar-refractivity contribution in [2.24, 2.45) is 10.8 Å². The number of hydrogen-bond donors (Lipinski definition) is 1. The molecule has 0 spiro atoms. The third-order valence-corrected chi connectivity index (χ3v) is 23.0. The van der Waals surface area contributed by atoms with E-state index in [-0.39, 0.29) is 69.0 Å². The van der Waals surface area contributed by atoms with E-state index in [0.29, 0.717) is 24.9 Å². The topological polar surface area (TPSA) is 134 Å². The van der Waals surface area contributed by atoms with E-state index in [0.717, 1.165) is 84.7 Å². The molecule has 0 bridgehead atoms. The summed E-state index contributed by atoms with van der Waals surface area (Å²) in [5, 5.41) is 10.9. The van der Waals surface area contributed by atoms with Gasteiger partial charge in [0.25, 0.3) is 0 Å². The Kier molecular flexibility index (Phi) is 28.3. The summed E-state index contributed by atoms with van der Waals surface area (Å²) in [6, 6.07) is 27.4. The molecule has 13 heteroatoms. The van der Waals surface area contributed by atoms with Crippen molar-refractivity contribution in [1.82, 2.24) is 19.9 Å². The first-order valence-electron chi connectivity index (χ1n) is 32.1. The Morgan fingerprint density at radius 2 is 0.841 bits per heavy atom. The fraction of sp³-hybridized carbons (Fsp3) is 0.547. The number of aromatic nitrogens is 4. The standard InChI is InChI=1S/C40H60N2O3Si.C34H46N2O3.CH2Cl2/c1-14-40(15-2,33-20-21-34(29(5)24-33)37-41-26-30(27-42-37)25-36(43)44-16-3)32-19-17-31(28(4)23-32)18-22-35(38(6,7)8)45-46(12,13)39(9,10)11;1-9-34(10-2,27-14-12-26(23(4)18-27)13-17-30(37)33(6,7)8)28-15-16-29(24(5)19-28)32-35-21-25(22-36-32)20-31(38)39-11-3;2-1-3/h17,19-21,23-24,26-27,35H,14-16,18,22,25H2,1-13H3;12,14-16,18-19,21-22,30,37H,9-11,13,17,20H2,1-8H3;1H2. The van der Waals surface area contributed by atoms with Gasteiger partial charge in [-0.2, -0.15) is 0 Å². The SMILES string of the molecule is CCOC(=O)Cc1cnc(-c2ccc(C(CC)(CC)c3ccc(CCC(O)C(C)(C)C)c(C)c3)cc2C)nc1.CCOC(=O)Cc1cnc(-c2ccc(C(CC)(CC)c3ccc(CCC(O[Si](C)(C)C(C)(C)C)C(C)(C)C)c(C)c3)cc2C)nc1.ClCCl. The van der Waals surface area contributed by atoms with Crippen molar-refractivity contribution >= 4 is 43.5 Å². The Balaban J connectivity index is 0.000000365. The van der Waals surface area contributed by atoms with Crippen LogP contribution in [-0.2, 0) is 60.0 Å². The van der Waals surface area contributed by atoms with E-state index < -0.39 is 8.32 Å². The molecule has 0 fully saturated rings. The summed E-state index contributed by atoms with van der Waals surface area (Å²) in [6.45, 7) is 47.1. The Hall–Kier alpha value is -5.30. The number of carbonyl (C=O) groups excluding carboxylic acids is 2. The molecule has 2 atom stereocenters. The lowest BCUT2D eigenvalue weighted by Crippen LogP contribution is -2.47. The number of carbonyl (C=O) groups is 2. The highest BCUT2D eigenvalue weighted by molar-refractivity contribution is 6.74. The maximum absolute atomic E-state index is 11.9. The second-order valence-electron chi connectivity index (χ2n) is 27.5. The number of aryl methyl sites for hydroxylation is 6. The lowest BCUT2D eigenvalue weighted by atomic mass is 9.69. The van der Waals surface area contributed by atoms with Crippen molar-refractivity contribution in [2.45, 2.75) is 237 Å². The number of alkyl halides is 2. The van der Waals surface area contributed by atoms with Crippen LogP contribution in [0.5, 0.6) is 0 Å². The monoisotopic (exact) mass is 1260 g/mol. The number of halogens is 2. The van der Waals surface area contributed by atoms with Crippen molar-refractivity contribution in [3.05, 3.63) is 164 Å². The zero-order valence-corrected chi connectivity index (χ0v) is 60.1. The molecule has 88 heavy (non-hydrogen) atoms. The Bertz CT molecular complexity index is 3170. The number of aliphatic hydroxyl groups excluding tert-OH is 1. The third-order valence-electron chi connectivity index (χ3n) is 18.5. The lowest BCUT2D eigenvalue weighted by molar-refractivity contribution is -0.143. The van der Waals surface area contributed by atoms with Crippen molar-refractivity contribution in [3.8, 4) is 22.8 Å². The van der Waals surface area contributed by atoms with Gasteiger partial charge >= 0.3 is 11.9 Å². The summed E-state index contributed by atoms with van der Waals surface area (Å²) in [7, 11) is -1.88. The lowest BCUT2D eigenvalue weighted by Gasteiger charge is -2.43. The molecule has 10 nitrogen and oxygen atoms in total.